The molecule has 4 aromatic rings. The molecule has 4 rings (SSSR count). The molecule has 4 heteroatoms. The van der Waals surface area contributed by atoms with E-state index >= 15 is 0 Å². The molecular formula is C36H32N2O2. The van der Waals surface area contributed by atoms with Crippen LogP contribution in [0.25, 0.3) is 16.7 Å². The Morgan fingerprint density at radius 2 is 0.875 bits per heavy atom. The van der Waals surface area contributed by atoms with E-state index in [1.807, 2.05) is 75.4 Å². The van der Waals surface area contributed by atoms with E-state index in [1.165, 1.54) is 0 Å². The minimum atomic E-state index is -0.377. The van der Waals surface area contributed by atoms with Crippen molar-refractivity contribution in [3.05, 3.63) is 137 Å². The first-order chi connectivity index (χ1) is 19.3. The summed E-state index contributed by atoms with van der Waals surface area (Å²) >= 11 is 0. The fourth-order valence-corrected chi connectivity index (χ4v) is 4.92. The van der Waals surface area contributed by atoms with Crippen LogP contribution in [0.2, 0.25) is 0 Å². The van der Waals surface area contributed by atoms with Gasteiger partial charge in [0.15, 0.2) is 0 Å². The predicted molar refractivity (Wildman–Crippen MR) is 161 cm³/mol. The Hall–Kier alpha value is -5.06. The summed E-state index contributed by atoms with van der Waals surface area (Å²) in [6, 6.07) is 38.8. The molecule has 0 aliphatic rings. The summed E-state index contributed by atoms with van der Waals surface area (Å²) in [5.74, 6) is 1.58. The molecule has 40 heavy (non-hydrogen) atoms. The Morgan fingerprint density at radius 3 is 1.23 bits per heavy atom. The zero-order valence-corrected chi connectivity index (χ0v) is 23.5. The van der Waals surface area contributed by atoms with Crippen molar-refractivity contribution in [1.29, 1.82) is 10.5 Å². The molecule has 4 nitrogen and oxygen atoms in total. The van der Waals surface area contributed by atoms with Gasteiger partial charge in [-0.2, -0.15) is 10.5 Å². The van der Waals surface area contributed by atoms with E-state index in [1.54, 1.807) is 14.2 Å². The number of allylic oxidation sites excluding steroid dienone is 2. The van der Waals surface area contributed by atoms with Crippen molar-refractivity contribution < 1.29 is 9.47 Å². The maximum atomic E-state index is 9.66. The molecule has 4 aromatic carbocycles. The average Bonchev–Trinajstić information content (AvgIpc) is 2.99. The van der Waals surface area contributed by atoms with Gasteiger partial charge in [-0.1, -0.05) is 99.6 Å². The smallest absolute Gasteiger partial charge is 0.133 e. The maximum absolute atomic E-state index is 9.66. The highest BCUT2D eigenvalue weighted by molar-refractivity contribution is 6.04. The quantitative estimate of drug-likeness (QED) is 0.179. The molecule has 0 heterocycles. The molecule has 0 bridgehead atoms. The van der Waals surface area contributed by atoms with Crippen LogP contribution in [0.15, 0.2) is 109 Å². The van der Waals surface area contributed by atoms with Crippen molar-refractivity contribution in [2.24, 2.45) is 5.41 Å². The molecule has 0 aliphatic heterocycles. The molecule has 0 saturated carbocycles. The molecule has 0 aromatic heterocycles. The summed E-state index contributed by atoms with van der Waals surface area (Å²) in [6.07, 6.45) is 0. The molecular weight excluding hydrogens is 492 g/mol. The molecule has 0 saturated heterocycles. The largest absolute Gasteiger partial charge is 0.497 e. The van der Waals surface area contributed by atoms with Crippen LogP contribution >= 0.6 is 0 Å². The zero-order chi connectivity index (χ0) is 28.7. The Kier molecular flexibility index (Phi) is 8.53. The molecule has 0 radical (unpaired) electrons. The van der Waals surface area contributed by atoms with Crippen molar-refractivity contribution in [3.63, 3.8) is 0 Å². The lowest BCUT2D eigenvalue weighted by molar-refractivity contribution is 0.414. The third-order valence-corrected chi connectivity index (χ3v) is 6.76. The van der Waals surface area contributed by atoms with E-state index in [-0.39, 0.29) is 11.0 Å². The molecule has 0 spiro atoms. The van der Waals surface area contributed by atoms with Gasteiger partial charge in [0.05, 0.1) is 14.2 Å². The fraction of sp³-hybridized carbons (Fsp3) is 0.167. The lowest BCUT2D eigenvalue weighted by Crippen LogP contribution is -2.10. The maximum Gasteiger partial charge on any atom is 0.133 e. The van der Waals surface area contributed by atoms with Crippen molar-refractivity contribution in [2.75, 3.05) is 14.2 Å². The molecule has 0 N–H and O–H groups in total. The van der Waals surface area contributed by atoms with Gasteiger partial charge < -0.3 is 9.47 Å². The second kappa shape index (κ2) is 12.2. The molecule has 0 fully saturated rings. The van der Waals surface area contributed by atoms with E-state index in [9.17, 15) is 10.5 Å². The molecule has 0 unspecified atom stereocenters. The highest BCUT2D eigenvalue weighted by Crippen LogP contribution is 2.40. The number of methoxy groups -OCH3 is 2. The second-order valence-corrected chi connectivity index (χ2v) is 10.4. The van der Waals surface area contributed by atoms with Crippen LogP contribution in [0.5, 0.6) is 11.5 Å². The van der Waals surface area contributed by atoms with Crippen LogP contribution in [0.1, 0.15) is 48.6 Å². The highest BCUT2D eigenvalue weighted by Gasteiger charge is 2.24. The summed E-state index contributed by atoms with van der Waals surface area (Å²) in [7, 11) is 3.33. The monoisotopic (exact) mass is 524 g/mol. The van der Waals surface area contributed by atoms with Crippen molar-refractivity contribution in [1.82, 2.24) is 0 Å². The number of nitriles is 2. The predicted octanol–water partition coefficient (Wildman–Crippen LogP) is 8.56. The number of nitrogens with zero attached hydrogens (tertiary/aromatic N) is 2. The van der Waals surface area contributed by atoms with E-state index in [4.69, 9.17) is 9.47 Å². The first-order valence-electron chi connectivity index (χ1n) is 13.0. The van der Waals surface area contributed by atoms with Crippen LogP contribution < -0.4 is 9.47 Å². The minimum Gasteiger partial charge on any atom is -0.497 e. The first kappa shape index (κ1) is 28.0. The Bertz CT molecular complexity index is 1540. The minimum absolute atomic E-state index is 0.135. The summed E-state index contributed by atoms with van der Waals surface area (Å²) in [6.45, 7) is 6.06. The summed E-state index contributed by atoms with van der Waals surface area (Å²) < 4.78 is 10.9. The third kappa shape index (κ3) is 5.98. The van der Waals surface area contributed by atoms with Gasteiger partial charge in [0, 0.05) is 0 Å². The number of benzene rings is 4. The van der Waals surface area contributed by atoms with Crippen LogP contribution in [0, 0.1) is 28.1 Å². The summed E-state index contributed by atoms with van der Waals surface area (Å²) in [5.41, 5.74) is 7.64. The zero-order valence-electron chi connectivity index (χ0n) is 23.5. The van der Waals surface area contributed by atoms with E-state index < -0.39 is 0 Å². The van der Waals surface area contributed by atoms with Crippen molar-refractivity contribution in [3.8, 4) is 23.6 Å². The number of ether oxygens (including phenoxy) is 2. The van der Waals surface area contributed by atoms with E-state index in [0.717, 1.165) is 56.0 Å². The lowest BCUT2D eigenvalue weighted by Gasteiger charge is -2.24. The standard InChI is InChI=1S/C36H32N2O2/c1-36(2,3)35(30(23-37)24-38)29-13-11-26(12-14-29)33(25-9-7-6-8-10-25)34(27-15-19-31(39-4)20-16-27)28-17-21-32(40-5)22-18-28/h6-22H,1-5H3. The number of hydrogen-bond donors (Lipinski definition) is 0. The average molecular weight is 525 g/mol. The van der Waals surface area contributed by atoms with Crippen molar-refractivity contribution in [2.45, 2.75) is 20.8 Å². The Labute approximate surface area is 237 Å². The van der Waals surface area contributed by atoms with Crippen molar-refractivity contribution >= 4 is 16.7 Å². The first-order valence-corrected chi connectivity index (χ1v) is 13.0. The topological polar surface area (TPSA) is 66.0 Å². The van der Waals surface area contributed by atoms with Gasteiger partial charge >= 0.3 is 0 Å². The van der Waals surface area contributed by atoms with Gasteiger partial charge in [-0.3, -0.25) is 0 Å². The van der Waals surface area contributed by atoms with Crippen LogP contribution in [0.4, 0.5) is 0 Å². The highest BCUT2D eigenvalue weighted by atomic mass is 16.5. The van der Waals surface area contributed by atoms with E-state index in [0.29, 0.717) is 0 Å². The van der Waals surface area contributed by atoms with Gasteiger partial charge in [-0.05, 0) is 74.2 Å². The molecule has 0 amide bonds. The van der Waals surface area contributed by atoms with Gasteiger partial charge in [-0.25, -0.2) is 0 Å². The SMILES string of the molecule is COc1ccc(C(=C(c2ccccc2)c2ccc(C(=C(C#N)C#N)C(C)(C)C)cc2)c2ccc(OC)cc2)cc1. The fourth-order valence-electron chi connectivity index (χ4n) is 4.92. The van der Waals surface area contributed by atoms with Gasteiger partial charge in [0.2, 0.25) is 0 Å². The third-order valence-electron chi connectivity index (χ3n) is 6.76. The molecule has 0 atom stereocenters. The number of rotatable bonds is 7. The van der Waals surface area contributed by atoms with Crippen LogP contribution in [0.3, 0.4) is 0 Å². The van der Waals surface area contributed by atoms with Gasteiger partial charge in [0.1, 0.15) is 29.2 Å². The van der Waals surface area contributed by atoms with Crippen LogP contribution in [-0.2, 0) is 0 Å². The summed E-state index contributed by atoms with van der Waals surface area (Å²) in [5, 5.41) is 19.3. The number of hydrogen-bond acceptors (Lipinski definition) is 4. The van der Waals surface area contributed by atoms with Crippen LogP contribution in [-0.4, -0.2) is 14.2 Å². The second-order valence-electron chi connectivity index (χ2n) is 10.4. The molecule has 0 aliphatic carbocycles. The lowest BCUT2D eigenvalue weighted by atomic mass is 9.78. The van der Waals surface area contributed by atoms with Gasteiger partial charge in [0.25, 0.3) is 0 Å². The Morgan fingerprint density at radius 1 is 0.525 bits per heavy atom. The van der Waals surface area contributed by atoms with Gasteiger partial charge in [-0.15, -0.1) is 0 Å². The Balaban J connectivity index is 2.02. The summed E-state index contributed by atoms with van der Waals surface area (Å²) in [4.78, 5) is 0. The van der Waals surface area contributed by atoms with E-state index in [2.05, 4.69) is 60.7 Å². The normalized spacial score (nSPS) is 10.6. The molecule has 198 valence electrons.